The van der Waals surface area contributed by atoms with Gasteiger partial charge in [0.15, 0.2) is 0 Å². The number of nitrogen functional groups attached to an aromatic ring is 1. The number of halogens is 4. The molecule has 10 heteroatoms. The molecule has 1 amide bonds. The number of anilines is 4. The lowest BCUT2D eigenvalue weighted by molar-refractivity contribution is -0.137. The summed E-state index contributed by atoms with van der Waals surface area (Å²) < 4.78 is 53.5. The molecule has 3 N–H and O–H groups in total. The number of aromatic amines is 1. The number of hydrogen-bond acceptors (Lipinski definition) is 4. The summed E-state index contributed by atoms with van der Waals surface area (Å²) in [5, 5.41) is 0. The summed E-state index contributed by atoms with van der Waals surface area (Å²) in [5.41, 5.74) is 5.61. The maximum Gasteiger partial charge on any atom is 0.416 e. The van der Waals surface area contributed by atoms with Gasteiger partial charge in [0, 0.05) is 11.8 Å². The largest absolute Gasteiger partial charge is 0.416 e. The number of aromatic nitrogens is 1. The third-order valence-electron chi connectivity index (χ3n) is 5.04. The third-order valence-corrected chi connectivity index (χ3v) is 5.04. The van der Waals surface area contributed by atoms with Crippen molar-refractivity contribution in [3.8, 4) is 0 Å². The quantitative estimate of drug-likeness (QED) is 0.596. The van der Waals surface area contributed by atoms with Crippen LogP contribution in [0.15, 0.2) is 53.3 Å². The van der Waals surface area contributed by atoms with Crippen molar-refractivity contribution in [1.29, 1.82) is 0 Å². The average molecular weight is 432 g/mol. The fourth-order valence-electron chi connectivity index (χ4n) is 3.58. The summed E-state index contributed by atoms with van der Waals surface area (Å²) in [4.78, 5) is 29.8. The molecule has 4 rings (SSSR count). The first-order valence-electron chi connectivity index (χ1n) is 9.12. The number of pyridine rings is 1. The highest BCUT2D eigenvalue weighted by molar-refractivity contribution is 6.13. The first-order valence-corrected chi connectivity index (χ1v) is 9.12. The lowest BCUT2D eigenvalue weighted by atomic mass is 10.0. The number of carbonyl (C=O) groups is 1. The molecular formula is C21H16F4N4O2. The number of benzene rings is 2. The number of H-pyrrole nitrogens is 1. The van der Waals surface area contributed by atoms with E-state index in [-0.39, 0.29) is 29.4 Å². The van der Waals surface area contributed by atoms with Gasteiger partial charge in [0.1, 0.15) is 18.3 Å². The molecule has 0 spiro atoms. The van der Waals surface area contributed by atoms with Crippen molar-refractivity contribution in [2.45, 2.75) is 13.1 Å². The van der Waals surface area contributed by atoms with Crippen LogP contribution in [0.2, 0.25) is 0 Å². The molecular weight excluding hydrogens is 416 g/mol. The minimum atomic E-state index is -4.65. The number of rotatable bonds is 2. The van der Waals surface area contributed by atoms with Gasteiger partial charge in [-0.1, -0.05) is 0 Å². The number of hydrogen-bond donors (Lipinski definition) is 2. The van der Waals surface area contributed by atoms with Gasteiger partial charge >= 0.3 is 6.18 Å². The number of amides is 1. The molecule has 3 aromatic rings. The second-order valence-corrected chi connectivity index (χ2v) is 7.08. The van der Waals surface area contributed by atoms with Gasteiger partial charge in [-0.25, -0.2) is 4.39 Å². The molecule has 0 fully saturated rings. The molecule has 1 aliphatic heterocycles. The summed E-state index contributed by atoms with van der Waals surface area (Å²) in [6, 6.07) is 9.35. The molecule has 0 saturated heterocycles. The lowest BCUT2D eigenvalue weighted by Gasteiger charge is -2.39. The van der Waals surface area contributed by atoms with Gasteiger partial charge in [-0.2, -0.15) is 13.2 Å². The van der Waals surface area contributed by atoms with Crippen LogP contribution in [-0.4, -0.2) is 17.6 Å². The van der Waals surface area contributed by atoms with Crippen LogP contribution in [0.25, 0.3) is 0 Å². The Morgan fingerprint density at radius 2 is 1.61 bits per heavy atom. The van der Waals surface area contributed by atoms with Gasteiger partial charge in [0.2, 0.25) is 5.56 Å². The van der Waals surface area contributed by atoms with E-state index in [1.54, 1.807) is 11.8 Å². The first kappa shape index (κ1) is 20.5. The molecule has 1 aromatic heterocycles. The fraction of sp³-hybridized carbons (Fsp3) is 0.143. The van der Waals surface area contributed by atoms with E-state index in [4.69, 9.17) is 5.73 Å². The van der Waals surface area contributed by atoms with Crippen molar-refractivity contribution in [2.24, 2.45) is 0 Å². The van der Waals surface area contributed by atoms with E-state index in [0.29, 0.717) is 11.3 Å². The maximum atomic E-state index is 13.6. The van der Waals surface area contributed by atoms with Crippen LogP contribution in [0, 0.1) is 12.7 Å². The van der Waals surface area contributed by atoms with Crippen LogP contribution >= 0.6 is 0 Å². The van der Waals surface area contributed by atoms with Crippen molar-refractivity contribution in [2.75, 3.05) is 22.2 Å². The lowest BCUT2D eigenvalue weighted by Crippen LogP contribution is -2.45. The highest BCUT2D eigenvalue weighted by atomic mass is 19.4. The Morgan fingerprint density at radius 1 is 0.935 bits per heavy atom. The van der Waals surface area contributed by atoms with Crippen molar-refractivity contribution in [3.63, 3.8) is 0 Å². The van der Waals surface area contributed by atoms with Gasteiger partial charge in [-0.3, -0.25) is 14.5 Å². The minimum absolute atomic E-state index is 0.105. The van der Waals surface area contributed by atoms with Gasteiger partial charge in [0.25, 0.3) is 5.91 Å². The number of nitrogens with zero attached hydrogens (tertiary/aromatic N) is 2. The maximum absolute atomic E-state index is 13.6. The Balaban J connectivity index is 1.93. The van der Waals surface area contributed by atoms with Crippen LogP contribution in [0.1, 0.15) is 21.5 Å². The topological polar surface area (TPSA) is 82.4 Å². The normalized spacial score (nSPS) is 14.0. The Hall–Kier alpha value is -3.82. The molecule has 0 unspecified atom stereocenters. The summed E-state index contributed by atoms with van der Waals surface area (Å²) in [7, 11) is 0. The van der Waals surface area contributed by atoms with Crippen molar-refractivity contribution in [3.05, 3.63) is 81.4 Å². The zero-order chi connectivity index (χ0) is 22.5. The van der Waals surface area contributed by atoms with Crippen LogP contribution in [0.3, 0.4) is 0 Å². The second kappa shape index (κ2) is 7.15. The molecule has 1 aliphatic rings. The van der Waals surface area contributed by atoms with E-state index >= 15 is 0 Å². The van der Waals surface area contributed by atoms with Crippen molar-refractivity contribution in [1.82, 2.24) is 4.98 Å². The molecule has 0 atom stereocenters. The predicted octanol–water partition coefficient (Wildman–Crippen LogP) is 4.18. The van der Waals surface area contributed by atoms with Crippen molar-refractivity contribution < 1.29 is 22.4 Å². The summed E-state index contributed by atoms with van der Waals surface area (Å²) >= 11 is 0. The Bertz CT molecular complexity index is 1250. The van der Waals surface area contributed by atoms with Gasteiger partial charge < -0.3 is 15.6 Å². The third kappa shape index (κ3) is 3.60. The number of aryl methyl sites for hydroxylation is 1. The number of fused-ring (bicyclic) bond motifs is 1. The molecule has 0 saturated carbocycles. The SMILES string of the molecule is Cc1cc(F)ccc1N1CN(c2ccc(=O)[nH]c2N)C(=O)c2cc(C(F)(F)F)ccc21. The second-order valence-electron chi connectivity index (χ2n) is 7.08. The summed E-state index contributed by atoms with van der Waals surface area (Å²) in [6.07, 6.45) is -4.65. The monoisotopic (exact) mass is 432 g/mol. The molecule has 0 radical (unpaired) electrons. The predicted molar refractivity (Wildman–Crippen MR) is 108 cm³/mol. The molecule has 0 aliphatic carbocycles. The Labute approximate surface area is 173 Å². The number of carbonyl (C=O) groups excluding carboxylic acids is 1. The molecule has 2 heterocycles. The van der Waals surface area contributed by atoms with Crippen molar-refractivity contribution >= 4 is 28.8 Å². The summed E-state index contributed by atoms with van der Waals surface area (Å²) in [5.74, 6) is -1.29. The van der Waals surface area contributed by atoms with Crippen LogP contribution < -0.4 is 21.1 Å². The van der Waals surface area contributed by atoms with E-state index in [1.807, 2.05) is 0 Å². The van der Waals surface area contributed by atoms with Gasteiger partial charge in [-0.05, 0) is 55.0 Å². The van der Waals surface area contributed by atoms with Crippen LogP contribution in [0.5, 0.6) is 0 Å². The van der Waals surface area contributed by atoms with E-state index in [2.05, 4.69) is 4.98 Å². The van der Waals surface area contributed by atoms with E-state index in [0.717, 1.165) is 23.1 Å². The number of nitrogens with one attached hydrogen (secondary N) is 1. The van der Waals surface area contributed by atoms with E-state index < -0.39 is 29.0 Å². The first-order chi connectivity index (χ1) is 14.6. The van der Waals surface area contributed by atoms with Crippen LogP contribution in [-0.2, 0) is 6.18 Å². The van der Waals surface area contributed by atoms with Gasteiger partial charge in [0.05, 0.1) is 22.5 Å². The minimum Gasteiger partial charge on any atom is -0.383 e. The molecule has 0 bridgehead atoms. The zero-order valence-corrected chi connectivity index (χ0v) is 16.1. The van der Waals surface area contributed by atoms with Gasteiger partial charge in [-0.15, -0.1) is 0 Å². The highest BCUT2D eigenvalue weighted by Gasteiger charge is 2.37. The van der Waals surface area contributed by atoms with E-state index in [1.165, 1.54) is 30.3 Å². The Morgan fingerprint density at radius 3 is 2.26 bits per heavy atom. The Kier molecular flexibility index (Phi) is 4.72. The fourth-order valence-corrected chi connectivity index (χ4v) is 3.58. The number of alkyl halides is 3. The van der Waals surface area contributed by atoms with E-state index in [9.17, 15) is 27.2 Å². The molecule has 31 heavy (non-hydrogen) atoms. The van der Waals surface area contributed by atoms with Crippen LogP contribution in [0.4, 0.5) is 40.4 Å². The highest BCUT2D eigenvalue weighted by Crippen LogP contribution is 2.40. The molecule has 160 valence electrons. The number of nitrogens with two attached hydrogens (primary N) is 1. The average Bonchev–Trinajstić information content (AvgIpc) is 2.68. The summed E-state index contributed by atoms with van der Waals surface area (Å²) in [6.45, 7) is 1.54. The standard InChI is InChI=1S/C21H16F4N4O2/c1-11-8-13(22)3-5-15(11)28-10-29(17-6-7-18(30)27-19(17)26)20(31)14-9-12(21(23,24)25)2-4-16(14)28/h2-9H,10H2,1H3,(H3,26,27,30). The molecule has 6 nitrogen and oxygen atoms in total. The smallest absolute Gasteiger partial charge is 0.383 e. The zero-order valence-electron chi connectivity index (χ0n) is 16.1. The molecule has 2 aromatic carbocycles.